The number of allylic oxidation sites excluding steroid dienone is 1. The van der Waals surface area contributed by atoms with Gasteiger partial charge in [-0.25, -0.2) is 4.39 Å². The van der Waals surface area contributed by atoms with Gasteiger partial charge in [0.15, 0.2) is 11.0 Å². The quantitative estimate of drug-likeness (QED) is 0.409. The summed E-state index contributed by atoms with van der Waals surface area (Å²) in [5.74, 6) is 1.10. The Morgan fingerprint density at radius 2 is 2.20 bits per heavy atom. The largest absolute Gasteiger partial charge is 0.469 e. The molecule has 0 aliphatic carbocycles. The third-order valence-electron chi connectivity index (χ3n) is 3.82. The molecule has 0 spiro atoms. The van der Waals surface area contributed by atoms with Crippen molar-refractivity contribution < 1.29 is 8.81 Å². The van der Waals surface area contributed by atoms with Gasteiger partial charge in [0.2, 0.25) is 0 Å². The molecule has 1 aromatic carbocycles. The van der Waals surface area contributed by atoms with E-state index in [2.05, 4.69) is 16.8 Å². The summed E-state index contributed by atoms with van der Waals surface area (Å²) < 4.78 is 20.7. The van der Waals surface area contributed by atoms with E-state index >= 15 is 0 Å². The van der Waals surface area contributed by atoms with Crippen molar-refractivity contribution in [2.75, 3.05) is 0 Å². The van der Waals surface area contributed by atoms with Crippen molar-refractivity contribution in [2.45, 2.75) is 30.8 Å². The third kappa shape index (κ3) is 3.65. The number of aromatic nitrogens is 3. The average Bonchev–Trinajstić information content (AvgIpc) is 3.17. The van der Waals surface area contributed by atoms with Gasteiger partial charge in [-0.15, -0.1) is 16.8 Å². The van der Waals surface area contributed by atoms with Gasteiger partial charge < -0.3 is 4.42 Å². The summed E-state index contributed by atoms with van der Waals surface area (Å²) in [6.07, 6.45) is 3.43. The predicted molar refractivity (Wildman–Crippen MR) is 98.3 cm³/mol. The second-order valence-corrected chi connectivity index (χ2v) is 7.24. The fraction of sp³-hybridized carbons (Fsp3) is 0.222. The molecule has 130 valence electrons. The molecular weight excluding hydrogens is 361 g/mol. The van der Waals surface area contributed by atoms with Gasteiger partial charge in [0, 0.05) is 11.8 Å². The molecule has 0 radical (unpaired) electrons. The maximum Gasteiger partial charge on any atom is 0.192 e. The smallest absolute Gasteiger partial charge is 0.192 e. The van der Waals surface area contributed by atoms with E-state index in [1.165, 1.54) is 17.8 Å². The molecule has 0 bridgehead atoms. The van der Waals surface area contributed by atoms with Gasteiger partial charge in [-0.1, -0.05) is 35.5 Å². The number of thioether (sulfide) groups is 1. The molecule has 0 amide bonds. The van der Waals surface area contributed by atoms with Crippen LogP contribution in [0.1, 0.15) is 23.5 Å². The zero-order chi connectivity index (χ0) is 18.0. The van der Waals surface area contributed by atoms with Crippen LogP contribution in [0.25, 0.3) is 11.4 Å². The van der Waals surface area contributed by atoms with Crippen LogP contribution in [-0.4, -0.2) is 14.8 Å². The lowest BCUT2D eigenvalue weighted by Gasteiger charge is -2.13. The first-order valence-electron chi connectivity index (χ1n) is 7.71. The summed E-state index contributed by atoms with van der Waals surface area (Å²) in [4.78, 5) is 0. The van der Waals surface area contributed by atoms with Crippen molar-refractivity contribution in [1.82, 2.24) is 14.8 Å². The van der Waals surface area contributed by atoms with E-state index in [0.717, 1.165) is 27.9 Å². The van der Waals surface area contributed by atoms with E-state index in [-0.39, 0.29) is 10.3 Å². The van der Waals surface area contributed by atoms with E-state index in [1.54, 1.807) is 24.5 Å². The Morgan fingerprint density at radius 3 is 2.84 bits per heavy atom. The molecule has 0 saturated carbocycles. The fourth-order valence-electron chi connectivity index (χ4n) is 2.48. The normalized spacial score (nSPS) is 12.3. The van der Waals surface area contributed by atoms with Crippen molar-refractivity contribution in [3.8, 4) is 11.4 Å². The van der Waals surface area contributed by atoms with Crippen LogP contribution < -0.4 is 0 Å². The standard InChI is InChI=1S/C18H17ClFN3OS/c1-4-8-23-17(14-7-9-24-11(14)2)21-22-18(23)25-12(3)13-5-6-16(20)15(19)10-13/h4-7,9-10,12H,1,8H2,2-3H3. The Morgan fingerprint density at radius 1 is 1.40 bits per heavy atom. The van der Waals surface area contributed by atoms with Crippen molar-refractivity contribution in [3.63, 3.8) is 0 Å². The van der Waals surface area contributed by atoms with Gasteiger partial charge in [-0.2, -0.15) is 0 Å². The molecule has 3 aromatic rings. The molecule has 0 saturated heterocycles. The van der Waals surface area contributed by atoms with Crippen LogP contribution >= 0.6 is 23.4 Å². The number of furan rings is 1. The molecule has 0 aliphatic heterocycles. The number of benzene rings is 1. The van der Waals surface area contributed by atoms with E-state index in [4.69, 9.17) is 16.0 Å². The van der Waals surface area contributed by atoms with Crippen molar-refractivity contribution >= 4 is 23.4 Å². The zero-order valence-electron chi connectivity index (χ0n) is 13.9. The van der Waals surface area contributed by atoms with Crippen LogP contribution in [0.5, 0.6) is 0 Å². The van der Waals surface area contributed by atoms with E-state index < -0.39 is 5.82 Å². The minimum Gasteiger partial charge on any atom is -0.469 e. The van der Waals surface area contributed by atoms with Crippen LogP contribution in [0, 0.1) is 12.7 Å². The SMILES string of the molecule is C=CCn1c(SC(C)c2ccc(F)c(Cl)c2)nnc1-c1ccoc1C. The van der Waals surface area contributed by atoms with Gasteiger partial charge in [-0.3, -0.25) is 4.57 Å². The molecule has 3 rings (SSSR count). The molecule has 2 aromatic heterocycles. The lowest BCUT2D eigenvalue weighted by molar-refractivity contribution is 0.534. The third-order valence-corrected chi connectivity index (χ3v) is 5.25. The van der Waals surface area contributed by atoms with Crippen molar-refractivity contribution in [1.29, 1.82) is 0 Å². The van der Waals surface area contributed by atoms with Crippen molar-refractivity contribution in [2.24, 2.45) is 0 Å². The maximum atomic E-state index is 13.4. The maximum absolute atomic E-state index is 13.4. The number of nitrogens with zero attached hydrogens (tertiary/aromatic N) is 3. The van der Waals surface area contributed by atoms with Crippen LogP contribution in [-0.2, 0) is 6.54 Å². The average molecular weight is 378 g/mol. The van der Waals surface area contributed by atoms with E-state index in [1.807, 2.05) is 24.5 Å². The number of hydrogen-bond acceptors (Lipinski definition) is 4. The summed E-state index contributed by atoms with van der Waals surface area (Å²) in [7, 11) is 0. The predicted octanol–water partition coefficient (Wildman–Crippen LogP) is 5.68. The molecular formula is C18H17ClFN3OS. The highest BCUT2D eigenvalue weighted by atomic mass is 35.5. The Hall–Kier alpha value is -2.05. The number of aryl methyl sites for hydroxylation is 1. The summed E-state index contributed by atoms with van der Waals surface area (Å²) in [5.41, 5.74) is 1.82. The summed E-state index contributed by atoms with van der Waals surface area (Å²) >= 11 is 7.42. The van der Waals surface area contributed by atoms with E-state index in [9.17, 15) is 4.39 Å². The Bertz CT molecular complexity index is 906. The molecule has 0 N–H and O–H groups in total. The monoisotopic (exact) mass is 377 g/mol. The molecule has 0 aliphatic rings. The molecule has 2 heterocycles. The van der Waals surface area contributed by atoms with Crippen LogP contribution in [0.2, 0.25) is 5.02 Å². The minimum atomic E-state index is -0.421. The molecule has 0 fully saturated rings. The molecule has 4 nitrogen and oxygen atoms in total. The van der Waals surface area contributed by atoms with E-state index in [0.29, 0.717) is 6.54 Å². The van der Waals surface area contributed by atoms with Gasteiger partial charge >= 0.3 is 0 Å². The lowest BCUT2D eigenvalue weighted by Crippen LogP contribution is -2.02. The topological polar surface area (TPSA) is 43.9 Å². The fourth-order valence-corrected chi connectivity index (χ4v) is 3.64. The summed E-state index contributed by atoms with van der Waals surface area (Å²) in [5, 5.41) is 9.53. The number of rotatable bonds is 6. The molecule has 7 heteroatoms. The summed E-state index contributed by atoms with van der Waals surface area (Å²) in [6.45, 7) is 8.29. The first-order chi connectivity index (χ1) is 12.0. The Labute approximate surface area is 154 Å². The second kappa shape index (κ2) is 7.45. The number of hydrogen-bond donors (Lipinski definition) is 0. The Balaban J connectivity index is 1.92. The Kier molecular flexibility index (Phi) is 5.30. The van der Waals surface area contributed by atoms with Crippen LogP contribution in [0.4, 0.5) is 4.39 Å². The second-order valence-electron chi connectivity index (χ2n) is 5.53. The van der Waals surface area contributed by atoms with Gasteiger partial charge in [0.05, 0.1) is 16.8 Å². The molecule has 25 heavy (non-hydrogen) atoms. The first-order valence-corrected chi connectivity index (χ1v) is 8.97. The lowest BCUT2D eigenvalue weighted by atomic mass is 10.2. The summed E-state index contributed by atoms with van der Waals surface area (Å²) in [6, 6.07) is 6.62. The first kappa shape index (κ1) is 17.8. The molecule has 1 atom stereocenters. The van der Waals surface area contributed by atoms with Gasteiger partial charge in [-0.05, 0) is 37.6 Å². The van der Waals surface area contributed by atoms with Crippen LogP contribution in [0.15, 0.2) is 52.8 Å². The van der Waals surface area contributed by atoms with Crippen molar-refractivity contribution in [3.05, 3.63) is 65.3 Å². The minimum absolute atomic E-state index is 0.0316. The number of halogens is 2. The zero-order valence-corrected chi connectivity index (χ0v) is 15.4. The van der Waals surface area contributed by atoms with Crippen LogP contribution in [0.3, 0.4) is 0 Å². The molecule has 1 unspecified atom stereocenters. The van der Waals surface area contributed by atoms with Gasteiger partial charge in [0.1, 0.15) is 11.6 Å². The highest BCUT2D eigenvalue weighted by Crippen LogP contribution is 2.37. The highest BCUT2D eigenvalue weighted by molar-refractivity contribution is 7.99. The van der Waals surface area contributed by atoms with Gasteiger partial charge in [0.25, 0.3) is 0 Å². The highest BCUT2D eigenvalue weighted by Gasteiger charge is 2.19.